The van der Waals surface area contributed by atoms with Gasteiger partial charge in [-0.15, -0.1) is 0 Å². The highest BCUT2D eigenvalue weighted by molar-refractivity contribution is 7.99. The number of nitrogens with one attached hydrogen (secondary N) is 2. The normalized spacial score (nSPS) is 10.6. The number of thioether (sulfide) groups is 1. The Kier molecular flexibility index (Phi) is 7.31. The summed E-state index contributed by atoms with van der Waals surface area (Å²) in [6.45, 7) is 0.0355. The number of amides is 3. The Labute approximate surface area is 181 Å². The van der Waals surface area contributed by atoms with Crippen LogP contribution in [0.2, 0.25) is 5.02 Å². The van der Waals surface area contributed by atoms with Crippen LogP contribution >= 0.6 is 23.4 Å². The predicted molar refractivity (Wildman–Crippen MR) is 115 cm³/mol. The molecule has 1 heterocycles. The number of carbonyl (C=O) groups excluding carboxylic acids is 3. The molecule has 0 aliphatic carbocycles. The summed E-state index contributed by atoms with van der Waals surface area (Å²) in [4.78, 5) is 39.2. The summed E-state index contributed by atoms with van der Waals surface area (Å²) in [7, 11) is 1.37. The van der Waals surface area contributed by atoms with E-state index in [1.54, 1.807) is 12.1 Å². The van der Waals surface area contributed by atoms with Crippen LogP contribution in [-0.4, -0.2) is 46.9 Å². The molecule has 8 nitrogen and oxygen atoms in total. The van der Waals surface area contributed by atoms with Crippen molar-refractivity contribution in [3.05, 3.63) is 59.1 Å². The third-order valence-electron chi connectivity index (χ3n) is 4.02. The van der Waals surface area contributed by atoms with Gasteiger partial charge in [-0.25, -0.2) is 9.78 Å². The van der Waals surface area contributed by atoms with Crippen molar-refractivity contribution in [2.45, 2.75) is 11.7 Å². The number of halogens is 1. The lowest BCUT2D eigenvalue weighted by Crippen LogP contribution is -2.39. The molecule has 0 aliphatic heterocycles. The number of imide groups is 1. The van der Waals surface area contributed by atoms with Gasteiger partial charge < -0.3 is 14.6 Å². The molecule has 2 N–H and O–H groups in total. The van der Waals surface area contributed by atoms with Crippen LogP contribution in [0.5, 0.6) is 0 Å². The van der Waals surface area contributed by atoms with Crippen molar-refractivity contribution in [3.63, 3.8) is 0 Å². The van der Waals surface area contributed by atoms with Crippen molar-refractivity contribution in [2.75, 3.05) is 19.4 Å². The molecule has 0 atom stereocenters. The number of hydrogen-bond donors (Lipinski definition) is 2. The van der Waals surface area contributed by atoms with Crippen molar-refractivity contribution < 1.29 is 19.1 Å². The van der Waals surface area contributed by atoms with Crippen LogP contribution in [0.15, 0.2) is 53.7 Å². The minimum Gasteiger partial charge on any atom is -0.455 e. The molecule has 0 aliphatic rings. The fraction of sp³-hybridized carbons (Fsp3) is 0.200. The van der Waals surface area contributed by atoms with Gasteiger partial charge in [0.15, 0.2) is 11.8 Å². The molecule has 10 heteroatoms. The number of hydrogen-bond acceptors (Lipinski definition) is 6. The minimum absolute atomic E-state index is 0.0426. The zero-order chi connectivity index (χ0) is 21.5. The summed E-state index contributed by atoms with van der Waals surface area (Å²) in [5.74, 6) is -1.35. The Hall–Kier alpha value is -3.04. The molecule has 0 bridgehead atoms. The van der Waals surface area contributed by atoms with E-state index < -0.39 is 24.5 Å². The van der Waals surface area contributed by atoms with Crippen LogP contribution in [0.3, 0.4) is 0 Å². The van der Waals surface area contributed by atoms with Gasteiger partial charge in [-0.1, -0.05) is 53.7 Å². The number of fused-ring (bicyclic) bond motifs is 1. The van der Waals surface area contributed by atoms with Crippen molar-refractivity contribution in [1.82, 2.24) is 20.2 Å². The van der Waals surface area contributed by atoms with Crippen LogP contribution in [0.1, 0.15) is 5.56 Å². The maximum atomic E-state index is 12.0. The van der Waals surface area contributed by atoms with E-state index >= 15 is 0 Å². The molecule has 3 amide bonds. The fourth-order valence-corrected chi connectivity index (χ4v) is 3.62. The molecule has 3 aromatic rings. The third kappa shape index (κ3) is 5.74. The van der Waals surface area contributed by atoms with Gasteiger partial charge in [0.05, 0.1) is 23.3 Å². The molecule has 0 fully saturated rings. The average Bonchev–Trinajstić information content (AvgIpc) is 3.07. The lowest BCUT2D eigenvalue weighted by atomic mass is 10.2. The van der Waals surface area contributed by atoms with Gasteiger partial charge in [0.1, 0.15) is 0 Å². The topological polar surface area (TPSA) is 102 Å². The second kappa shape index (κ2) is 10.1. The van der Waals surface area contributed by atoms with E-state index in [2.05, 4.69) is 10.3 Å². The predicted octanol–water partition coefficient (Wildman–Crippen LogP) is 2.83. The zero-order valence-corrected chi connectivity index (χ0v) is 17.6. The first-order valence-electron chi connectivity index (χ1n) is 8.96. The van der Waals surface area contributed by atoms with Crippen LogP contribution in [0.25, 0.3) is 11.0 Å². The summed E-state index contributed by atoms with van der Waals surface area (Å²) in [5.41, 5.74) is 2.70. The molecule has 156 valence electrons. The van der Waals surface area contributed by atoms with E-state index in [1.807, 2.05) is 46.3 Å². The maximum absolute atomic E-state index is 12.0. The highest BCUT2D eigenvalue weighted by atomic mass is 35.5. The van der Waals surface area contributed by atoms with Gasteiger partial charge >= 0.3 is 12.0 Å². The molecular weight excluding hydrogens is 428 g/mol. The quantitative estimate of drug-likeness (QED) is 0.427. The molecule has 1 aromatic heterocycles. The highest BCUT2D eigenvalue weighted by Gasteiger charge is 2.16. The van der Waals surface area contributed by atoms with Crippen molar-refractivity contribution in [2.24, 2.45) is 0 Å². The molecule has 0 saturated heterocycles. The maximum Gasteiger partial charge on any atom is 0.321 e. The molecule has 0 spiro atoms. The van der Waals surface area contributed by atoms with Gasteiger partial charge in [-0.05, 0) is 23.8 Å². The number of rotatable bonds is 7. The molecule has 0 saturated carbocycles. The minimum atomic E-state index is -0.710. The number of carbonyl (C=O) groups is 3. The highest BCUT2D eigenvalue weighted by Crippen LogP contribution is 2.27. The monoisotopic (exact) mass is 446 g/mol. The number of esters is 1. The van der Waals surface area contributed by atoms with E-state index in [1.165, 1.54) is 18.8 Å². The number of aromatic nitrogens is 2. The number of benzene rings is 2. The number of imidazole rings is 1. The second-order valence-corrected chi connectivity index (χ2v) is 7.55. The van der Waals surface area contributed by atoms with Gasteiger partial charge in [-0.2, -0.15) is 0 Å². The summed E-state index contributed by atoms with van der Waals surface area (Å²) in [6.07, 6.45) is 0. The lowest BCUT2D eigenvalue weighted by molar-refractivity contribution is -0.145. The molecule has 3 rings (SSSR count). The van der Waals surface area contributed by atoms with Crippen LogP contribution in [0.4, 0.5) is 4.79 Å². The van der Waals surface area contributed by atoms with E-state index in [4.69, 9.17) is 16.3 Å². The molecule has 2 aromatic carbocycles. The Bertz CT molecular complexity index is 1070. The van der Waals surface area contributed by atoms with Crippen molar-refractivity contribution in [3.8, 4) is 0 Å². The Morgan fingerprint density at radius 1 is 1.17 bits per heavy atom. The fourth-order valence-electron chi connectivity index (χ4n) is 2.65. The third-order valence-corrected chi connectivity index (χ3v) is 5.21. The van der Waals surface area contributed by atoms with E-state index in [-0.39, 0.29) is 5.75 Å². The molecular formula is C20H19ClN4O4S. The Morgan fingerprint density at radius 3 is 2.67 bits per heavy atom. The van der Waals surface area contributed by atoms with Crippen molar-refractivity contribution >= 4 is 52.3 Å². The van der Waals surface area contributed by atoms with Crippen LogP contribution in [-0.2, 0) is 20.9 Å². The SMILES string of the molecule is CNC(=O)NC(=O)COC(=O)CSc1nc2cc(Cl)ccc2n1Cc1ccccc1. The number of nitrogens with zero attached hydrogens (tertiary/aromatic N) is 2. The smallest absolute Gasteiger partial charge is 0.321 e. The van der Waals surface area contributed by atoms with Crippen LogP contribution in [0, 0.1) is 0 Å². The van der Waals surface area contributed by atoms with Gasteiger partial charge in [0.25, 0.3) is 5.91 Å². The zero-order valence-electron chi connectivity index (χ0n) is 16.1. The summed E-state index contributed by atoms with van der Waals surface area (Å²) in [5, 5.41) is 5.45. The molecule has 0 unspecified atom stereocenters. The van der Waals surface area contributed by atoms with E-state index in [0.29, 0.717) is 16.7 Å². The summed E-state index contributed by atoms with van der Waals surface area (Å²) < 4.78 is 6.91. The van der Waals surface area contributed by atoms with Gasteiger partial charge in [0.2, 0.25) is 0 Å². The summed E-state index contributed by atoms with van der Waals surface area (Å²) in [6, 6.07) is 14.7. The lowest BCUT2D eigenvalue weighted by Gasteiger charge is -2.09. The number of urea groups is 1. The summed E-state index contributed by atoms with van der Waals surface area (Å²) >= 11 is 7.29. The van der Waals surface area contributed by atoms with Crippen molar-refractivity contribution in [1.29, 1.82) is 0 Å². The Balaban J connectivity index is 1.69. The first-order chi connectivity index (χ1) is 14.5. The first-order valence-corrected chi connectivity index (χ1v) is 10.3. The van der Waals surface area contributed by atoms with Gasteiger partial charge in [0, 0.05) is 12.1 Å². The average molecular weight is 447 g/mol. The molecule has 0 radical (unpaired) electrons. The standard InChI is InChI=1S/C20H19ClN4O4S/c1-22-19(28)24-17(26)11-29-18(27)12-30-20-23-15-9-14(21)7-8-16(15)25(20)10-13-5-3-2-4-6-13/h2-9H,10-12H2,1H3,(H2,22,24,26,28). The Morgan fingerprint density at radius 2 is 1.93 bits per heavy atom. The van der Waals surface area contributed by atoms with E-state index in [9.17, 15) is 14.4 Å². The van der Waals surface area contributed by atoms with E-state index in [0.717, 1.165) is 16.6 Å². The number of ether oxygens (including phenoxy) is 1. The second-order valence-electron chi connectivity index (χ2n) is 6.18. The molecule has 30 heavy (non-hydrogen) atoms. The van der Waals surface area contributed by atoms with Gasteiger partial charge in [-0.3, -0.25) is 14.9 Å². The van der Waals surface area contributed by atoms with Crippen LogP contribution < -0.4 is 10.6 Å². The largest absolute Gasteiger partial charge is 0.455 e. The first kappa shape index (κ1) is 21.7.